The number of carbonyl (C=O) groups is 2. The molecule has 0 aliphatic heterocycles. The summed E-state index contributed by atoms with van der Waals surface area (Å²) in [5, 5.41) is 14.5. The average molecular weight is 343 g/mol. The lowest BCUT2D eigenvalue weighted by atomic mass is 10.1. The molecule has 0 aliphatic carbocycles. The number of hydrogen-bond acceptors (Lipinski definition) is 3. The van der Waals surface area contributed by atoms with E-state index in [1.165, 1.54) is 0 Å². The molecule has 1 unspecified atom stereocenters. The zero-order valence-corrected chi connectivity index (χ0v) is 13.2. The number of hydrogen-bond donors (Lipinski definition) is 3. The summed E-state index contributed by atoms with van der Waals surface area (Å²) in [6, 6.07) is 4.86. The van der Waals surface area contributed by atoms with Gasteiger partial charge in [-0.25, -0.2) is 0 Å². The number of carboxylic acid groups (broad SMARTS) is 1. The Morgan fingerprint density at radius 3 is 2.65 bits per heavy atom. The second-order valence-corrected chi connectivity index (χ2v) is 5.48. The van der Waals surface area contributed by atoms with Crippen molar-refractivity contribution in [2.24, 2.45) is 0 Å². The first-order chi connectivity index (χ1) is 9.43. The van der Waals surface area contributed by atoms with Gasteiger partial charge in [0.25, 0.3) is 0 Å². The van der Waals surface area contributed by atoms with Crippen molar-refractivity contribution in [1.29, 1.82) is 0 Å². The van der Waals surface area contributed by atoms with E-state index in [0.29, 0.717) is 6.42 Å². The van der Waals surface area contributed by atoms with Gasteiger partial charge in [-0.2, -0.15) is 0 Å². The van der Waals surface area contributed by atoms with Crippen LogP contribution in [0.15, 0.2) is 22.7 Å². The number of halogens is 1. The van der Waals surface area contributed by atoms with E-state index in [9.17, 15) is 9.59 Å². The second kappa shape index (κ2) is 8.01. The molecule has 1 aromatic rings. The number of aryl methyl sites for hydroxylation is 1. The number of carboxylic acids is 1. The normalized spacial score (nSPS) is 11.9. The molecular weight excluding hydrogens is 324 g/mol. The average Bonchev–Trinajstić information content (AvgIpc) is 2.37. The lowest BCUT2D eigenvalue weighted by Crippen LogP contribution is -2.41. The third-order valence-electron chi connectivity index (χ3n) is 2.85. The number of benzene rings is 1. The molecule has 3 N–H and O–H groups in total. The highest BCUT2D eigenvalue weighted by Gasteiger charge is 2.16. The van der Waals surface area contributed by atoms with Crippen LogP contribution in [-0.4, -0.2) is 29.6 Å². The van der Waals surface area contributed by atoms with Gasteiger partial charge in [0.1, 0.15) is 6.04 Å². The lowest BCUT2D eigenvalue weighted by Gasteiger charge is -2.14. The summed E-state index contributed by atoms with van der Waals surface area (Å²) < 4.78 is 0.944. The molecule has 20 heavy (non-hydrogen) atoms. The highest BCUT2D eigenvalue weighted by molar-refractivity contribution is 9.10. The molecule has 0 fully saturated rings. The number of aliphatic carboxylic acids is 1. The van der Waals surface area contributed by atoms with Crippen molar-refractivity contribution in [3.8, 4) is 0 Å². The number of rotatable bonds is 7. The lowest BCUT2D eigenvalue weighted by molar-refractivity contribution is -0.139. The van der Waals surface area contributed by atoms with Crippen molar-refractivity contribution in [2.45, 2.75) is 32.7 Å². The molecule has 1 atom stereocenters. The monoisotopic (exact) mass is 342 g/mol. The third-order valence-corrected chi connectivity index (χ3v) is 3.34. The molecule has 0 heterocycles. The minimum absolute atomic E-state index is 0.0214. The molecule has 0 radical (unpaired) electrons. The van der Waals surface area contributed by atoms with Crippen LogP contribution in [0, 0.1) is 6.92 Å². The van der Waals surface area contributed by atoms with Crippen LogP contribution in [0.3, 0.4) is 0 Å². The van der Waals surface area contributed by atoms with Crippen molar-refractivity contribution in [1.82, 2.24) is 5.32 Å². The molecule has 1 amide bonds. The van der Waals surface area contributed by atoms with Crippen LogP contribution >= 0.6 is 15.9 Å². The van der Waals surface area contributed by atoms with E-state index >= 15 is 0 Å². The van der Waals surface area contributed by atoms with Gasteiger partial charge in [0, 0.05) is 10.2 Å². The zero-order chi connectivity index (χ0) is 15.1. The Balaban J connectivity index is 2.53. The van der Waals surface area contributed by atoms with Crippen LogP contribution < -0.4 is 10.6 Å². The van der Waals surface area contributed by atoms with E-state index in [4.69, 9.17) is 5.11 Å². The zero-order valence-electron chi connectivity index (χ0n) is 11.6. The maximum atomic E-state index is 11.8. The summed E-state index contributed by atoms with van der Waals surface area (Å²) >= 11 is 3.36. The summed E-state index contributed by atoms with van der Waals surface area (Å²) in [4.78, 5) is 22.8. The first-order valence-electron chi connectivity index (χ1n) is 6.46. The predicted octanol–water partition coefficient (Wildman–Crippen LogP) is 2.54. The largest absolute Gasteiger partial charge is 0.480 e. The number of carbonyl (C=O) groups excluding carboxylic acids is 1. The van der Waals surface area contributed by atoms with Gasteiger partial charge in [-0.05, 0) is 37.1 Å². The van der Waals surface area contributed by atoms with E-state index in [1.54, 1.807) is 6.07 Å². The smallest absolute Gasteiger partial charge is 0.320 e. The molecule has 1 aromatic carbocycles. The highest BCUT2D eigenvalue weighted by Crippen LogP contribution is 2.19. The maximum Gasteiger partial charge on any atom is 0.320 e. The van der Waals surface area contributed by atoms with Crippen molar-refractivity contribution in [2.75, 3.05) is 11.9 Å². The van der Waals surface area contributed by atoms with Crippen molar-refractivity contribution >= 4 is 33.5 Å². The van der Waals surface area contributed by atoms with E-state index in [2.05, 4.69) is 26.6 Å². The first kappa shape index (κ1) is 16.7. The van der Waals surface area contributed by atoms with E-state index < -0.39 is 12.0 Å². The van der Waals surface area contributed by atoms with Gasteiger partial charge in [0.2, 0.25) is 5.91 Å². The molecule has 6 heteroatoms. The summed E-state index contributed by atoms with van der Waals surface area (Å²) in [6.45, 7) is 3.78. The van der Waals surface area contributed by atoms with Crippen LogP contribution in [0.2, 0.25) is 0 Å². The van der Waals surface area contributed by atoms with Crippen LogP contribution in [0.1, 0.15) is 25.3 Å². The number of amides is 1. The second-order valence-electron chi connectivity index (χ2n) is 4.57. The molecule has 5 nitrogen and oxygen atoms in total. The quantitative estimate of drug-likeness (QED) is 0.711. The minimum Gasteiger partial charge on any atom is -0.480 e. The van der Waals surface area contributed by atoms with Crippen LogP contribution in [0.25, 0.3) is 0 Å². The highest BCUT2D eigenvalue weighted by atomic mass is 79.9. The molecule has 0 bridgehead atoms. The fraction of sp³-hybridized carbons (Fsp3) is 0.429. The summed E-state index contributed by atoms with van der Waals surface area (Å²) in [5.74, 6) is -1.18. The van der Waals surface area contributed by atoms with Crippen LogP contribution in [0.4, 0.5) is 5.69 Å². The number of anilines is 1. The van der Waals surface area contributed by atoms with E-state index in [-0.39, 0.29) is 12.5 Å². The van der Waals surface area contributed by atoms with Gasteiger partial charge in [-0.1, -0.05) is 29.3 Å². The van der Waals surface area contributed by atoms with Gasteiger partial charge in [-0.3, -0.25) is 14.9 Å². The van der Waals surface area contributed by atoms with Gasteiger partial charge in [0.15, 0.2) is 0 Å². The van der Waals surface area contributed by atoms with Crippen LogP contribution in [-0.2, 0) is 9.59 Å². The SMILES string of the molecule is CCCC(NCC(=O)Nc1ccc(Br)cc1C)C(=O)O. The van der Waals surface area contributed by atoms with Crippen LogP contribution in [0.5, 0.6) is 0 Å². The Kier molecular flexibility index (Phi) is 6.67. The molecule has 0 aromatic heterocycles. The van der Waals surface area contributed by atoms with Gasteiger partial charge >= 0.3 is 5.97 Å². The van der Waals surface area contributed by atoms with Gasteiger partial charge in [0.05, 0.1) is 6.54 Å². The molecule has 1 rings (SSSR count). The summed E-state index contributed by atoms with van der Waals surface area (Å²) in [7, 11) is 0. The fourth-order valence-corrected chi connectivity index (χ4v) is 2.25. The van der Waals surface area contributed by atoms with Crippen molar-refractivity contribution < 1.29 is 14.7 Å². The van der Waals surface area contributed by atoms with Crippen molar-refractivity contribution in [3.05, 3.63) is 28.2 Å². The number of nitrogens with one attached hydrogen (secondary N) is 2. The van der Waals surface area contributed by atoms with E-state index in [1.807, 2.05) is 26.0 Å². The summed E-state index contributed by atoms with van der Waals surface area (Å²) in [6.07, 6.45) is 1.25. The molecule has 0 aliphatic rings. The standard InChI is InChI=1S/C14H19BrN2O3/c1-3-4-12(14(19)20)16-8-13(18)17-11-6-5-10(15)7-9(11)2/h5-7,12,16H,3-4,8H2,1-2H3,(H,17,18)(H,19,20). The molecule has 0 saturated carbocycles. The Labute approximate surface area is 126 Å². The maximum absolute atomic E-state index is 11.8. The molecule has 110 valence electrons. The summed E-state index contributed by atoms with van der Waals surface area (Å²) in [5.41, 5.74) is 1.67. The Hall–Kier alpha value is -1.40. The minimum atomic E-state index is -0.931. The van der Waals surface area contributed by atoms with E-state index in [0.717, 1.165) is 22.1 Å². The topological polar surface area (TPSA) is 78.4 Å². The molecular formula is C14H19BrN2O3. The molecule has 0 saturated heterocycles. The Morgan fingerprint density at radius 2 is 2.10 bits per heavy atom. The first-order valence-corrected chi connectivity index (χ1v) is 7.25. The Bertz CT molecular complexity index is 491. The third kappa shape index (κ3) is 5.30. The van der Waals surface area contributed by atoms with Gasteiger partial charge < -0.3 is 10.4 Å². The Morgan fingerprint density at radius 1 is 1.40 bits per heavy atom. The van der Waals surface area contributed by atoms with Gasteiger partial charge in [-0.15, -0.1) is 0 Å². The fourth-order valence-electron chi connectivity index (χ4n) is 1.78. The predicted molar refractivity (Wildman–Crippen MR) is 81.8 cm³/mol. The molecule has 0 spiro atoms. The van der Waals surface area contributed by atoms with Crippen molar-refractivity contribution in [3.63, 3.8) is 0 Å².